The minimum atomic E-state index is -1.15. The topological polar surface area (TPSA) is 95.7 Å². The van der Waals surface area contributed by atoms with E-state index in [-0.39, 0.29) is 12.8 Å². The van der Waals surface area contributed by atoms with Gasteiger partial charge in [-0.3, -0.25) is 9.59 Å². The molecule has 0 atom stereocenters. The highest BCUT2D eigenvalue weighted by molar-refractivity contribution is 5.72. The first-order chi connectivity index (χ1) is 9.08. The summed E-state index contributed by atoms with van der Waals surface area (Å²) in [5.41, 5.74) is 0. The number of unbranched alkanes of at least 4 members (excludes halogenated alkanes) is 1. The third-order valence-corrected chi connectivity index (χ3v) is 2.16. The largest absolute Gasteiger partial charge is 0.427 e. The van der Waals surface area contributed by atoms with Crippen molar-refractivity contribution >= 4 is 11.9 Å². The monoisotopic (exact) mass is 267 g/mol. The number of carbonyl (C=O) groups is 2. The van der Waals surface area contributed by atoms with Crippen LogP contribution in [0.2, 0.25) is 0 Å². The molecular weight excluding hydrogens is 254 g/mol. The van der Waals surface area contributed by atoms with E-state index in [0.717, 1.165) is 0 Å². The Kier molecular flexibility index (Phi) is 6.00. The molecule has 0 fully saturated rings. The van der Waals surface area contributed by atoms with Gasteiger partial charge in [-0.1, -0.05) is 18.2 Å². The van der Waals surface area contributed by atoms with Gasteiger partial charge in [0, 0.05) is 12.8 Å². The molecule has 1 aromatic rings. The lowest BCUT2D eigenvalue weighted by molar-refractivity contribution is -0.729. The van der Waals surface area contributed by atoms with Crippen LogP contribution in [-0.4, -0.2) is 17.0 Å². The van der Waals surface area contributed by atoms with Crippen LogP contribution < -0.4 is 4.74 Å². The second-order valence-electron chi connectivity index (χ2n) is 3.68. The van der Waals surface area contributed by atoms with Gasteiger partial charge < -0.3 is 4.74 Å². The first-order valence-electron chi connectivity index (χ1n) is 5.69. The fourth-order valence-electron chi connectivity index (χ4n) is 1.34. The highest BCUT2D eigenvalue weighted by atomic mass is 17.0. The number of rotatable bonds is 7. The van der Waals surface area contributed by atoms with Crippen LogP contribution in [-0.2, 0) is 14.4 Å². The Hall–Kier alpha value is -2.44. The van der Waals surface area contributed by atoms with Crippen molar-refractivity contribution in [2.24, 2.45) is 0 Å². The highest BCUT2D eigenvalue weighted by Gasteiger charge is 2.08. The Bertz CT molecular complexity index is 445. The van der Waals surface area contributed by atoms with E-state index in [1.807, 2.05) is 0 Å². The summed E-state index contributed by atoms with van der Waals surface area (Å²) in [6.07, 6.45) is 0.773. The molecule has 0 aliphatic heterocycles. The summed E-state index contributed by atoms with van der Waals surface area (Å²) in [6, 6.07) is 8.61. The number of carbonyl (C=O) groups excluding carboxylic acids is 2. The van der Waals surface area contributed by atoms with Crippen molar-refractivity contribution in [3.8, 4) is 5.75 Å². The smallest absolute Gasteiger partial charge is 0.311 e. The second kappa shape index (κ2) is 7.80. The lowest BCUT2D eigenvalue weighted by Gasteiger charge is -2.03. The fourth-order valence-corrected chi connectivity index (χ4v) is 1.34. The van der Waals surface area contributed by atoms with Crippen molar-refractivity contribution < 1.29 is 24.3 Å². The number of hydrogen-bond donors (Lipinski definition) is 0. The summed E-state index contributed by atoms with van der Waals surface area (Å²) in [5.74, 6) is -0.865. The Morgan fingerprint density at radius 3 is 2.21 bits per heavy atom. The van der Waals surface area contributed by atoms with Gasteiger partial charge in [-0.2, -0.15) is 0 Å². The minimum Gasteiger partial charge on any atom is -0.427 e. The van der Waals surface area contributed by atoms with Crippen LogP contribution in [0.5, 0.6) is 5.75 Å². The molecule has 7 nitrogen and oxygen atoms in total. The Morgan fingerprint density at radius 2 is 1.63 bits per heavy atom. The number of benzene rings is 1. The predicted octanol–water partition coefficient (Wildman–Crippen LogP) is 1.89. The van der Waals surface area contributed by atoms with Crippen molar-refractivity contribution in [2.45, 2.75) is 25.7 Å². The molecule has 0 aliphatic rings. The van der Waals surface area contributed by atoms with E-state index in [1.165, 1.54) is 0 Å². The van der Waals surface area contributed by atoms with Gasteiger partial charge in [-0.15, -0.1) is 10.1 Å². The van der Waals surface area contributed by atoms with E-state index in [1.54, 1.807) is 30.3 Å². The Labute approximate surface area is 109 Å². The van der Waals surface area contributed by atoms with Crippen molar-refractivity contribution in [3.05, 3.63) is 40.4 Å². The average Bonchev–Trinajstić information content (AvgIpc) is 2.35. The Morgan fingerprint density at radius 1 is 1.05 bits per heavy atom. The van der Waals surface area contributed by atoms with E-state index in [9.17, 15) is 19.7 Å². The number of ether oxygens (including phenoxy) is 1. The second-order valence-corrected chi connectivity index (χ2v) is 3.68. The van der Waals surface area contributed by atoms with Crippen molar-refractivity contribution in [1.82, 2.24) is 0 Å². The first-order valence-corrected chi connectivity index (χ1v) is 5.69. The van der Waals surface area contributed by atoms with Crippen LogP contribution in [0, 0.1) is 10.1 Å². The van der Waals surface area contributed by atoms with Gasteiger partial charge in [-0.05, 0) is 25.0 Å². The molecular formula is C12H13NO6. The zero-order valence-electron chi connectivity index (χ0n) is 10.1. The standard InChI is InChI=1S/C12H13NO6/c14-11(18-10-6-2-1-3-7-10)8-4-5-9-12(15)19-13(16)17/h1-3,6-7H,4-5,8-9H2. The third kappa shape index (κ3) is 6.77. The van der Waals surface area contributed by atoms with Gasteiger partial charge in [-0.25, -0.2) is 4.84 Å². The van der Waals surface area contributed by atoms with E-state index in [0.29, 0.717) is 18.6 Å². The van der Waals surface area contributed by atoms with E-state index in [2.05, 4.69) is 4.84 Å². The molecule has 0 saturated carbocycles. The molecule has 1 aromatic carbocycles. The molecule has 0 aromatic heterocycles. The maximum absolute atomic E-state index is 11.4. The molecule has 19 heavy (non-hydrogen) atoms. The lowest BCUT2D eigenvalue weighted by Crippen LogP contribution is -2.11. The molecule has 102 valence electrons. The first kappa shape index (κ1) is 14.6. The number of hydrogen-bond acceptors (Lipinski definition) is 6. The fraction of sp³-hybridized carbons (Fsp3) is 0.333. The van der Waals surface area contributed by atoms with Gasteiger partial charge in [0.2, 0.25) is 0 Å². The minimum absolute atomic E-state index is 0.0976. The molecule has 0 amide bonds. The summed E-state index contributed by atoms with van der Waals surface area (Å²) in [6.45, 7) is 0. The van der Waals surface area contributed by atoms with Crippen LogP contribution >= 0.6 is 0 Å². The third-order valence-electron chi connectivity index (χ3n) is 2.16. The summed E-state index contributed by atoms with van der Waals surface area (Å²) < 4.78 is 5.02. The van der Waals surface area contributed by atoms with E-state index < -0.39 is 17.0 Å². The van der Waals surface area contributed by atoms with Crippen molar-refractivity contribution in [3.63, 3.8) is 0 Å². The van der Waals surface area contributed by atoms with Crippen LogP contribution in [0.1, 0.15) is 25.7 Å². The zero-order chi connectivity index (χ0) is 14.1. The average molecular weight is 267 g/mol. The normalized spacial score (nSPS) is 9.68. The maximum Gasteiger partial charge on any atom is 0.311 e. The van der Waals surface area contributed by atoms with Crippen LogP contribution in [0.3, 0.4) is 0 Å². The zero-order valence-corrected chi connectivity index (χ0v) is 10.1. The number of nitrogens with zero attached hydrogens (tertiary/aromatic N) is 1. The molecule has 0 saturated heterocycles. The van der Waals surface area contributed by atoms with Crippen molar-refractivity contribution in [2.75, 3.05) is 0 Å². The van der Waals surface area contributed by atoms with Gasteiger partial charge in [0.25, 0.3) is 0 Å². The van der Waals surface area contributed by atoms with Gasteiger partial charge >= 0.3 is 17.0 Å². The molecule has 0 N–H and O–H groups in total. The van der Waals surface area contributed by atoms with Crippen LogP contribution in [0.4, 0.5) is 0 Å². The SMILES string of the molecule is O=C(CCCCC(=O)O[N+](=O)[O-])Oc1ccccc1. The van der Waals surface area contributed by atoms with E-state index in [4.69, 9.17) is 4.74 Å². The molecule has 7 heteroatoms. The summed E-state index contributed by atoms with van der Waals surface area (Å²) in [7, 11) is 0. The molecule has 0 heterocycles. The van der Waals surface area contributed by atoms with Gasteiger partial charge in [0.1, 0.15) is 5.75 Å². The molecule has 0 aliphatic carbocycles. The number of esters is 1. The molecule has 0 spiro atoms. The predicted molar refractivity (Wildman–Crippen MR) is 63.6 cm³/mol. The van der Waals surface area contributed by atoms with Crippen LogP contribution in [0.15, 0.2) is 30.3 Å². The Balaban J connectivity index is 2.14. The lowest BCUT2D eigenvalue weighted by atomic mass is 10.2. The summed E-state index contributed by atoms with van der Waals surface area (Å²) in [5, 5.41) is 8.70. The van der Waals surface area contributed by atoms with Gasteiger partial charge in [0.15, 0.2) is 0 Å². The van der Waals surface area contributed by atoms with E-state index >= 15 is 0 Å². The summed E-state index contributed by atoms with van der Waals surface area (Å²) >= 11 is 0. The molecule has 0 bridgehead atoms. The van der Waals surface area contributed by atoms with Gasteiger partial charge in [0.05, 0.1) is 0 Å². The molecule has 0 unspecified atom stereocenters. The molecule has 1 rings (SSSR count). The quantitative estimate of drug-likeness (QED) is 0.246. The van der Waals surface area contributed by atoms with Crippen molar-refractivity contribution in [1.29, 1.82) is 0 Å². The highest BCUT2D eigenvalue weighted by Crippen LogP contribution is 2.10. The number of para-hydroxylation sites is 1. The summed E-state index contributed by atoms with van der Waals surface area (Å²) in [4.78, 5) is 35.8. The maximum atomic E-state index is 11.4. The van der Waals surface area contributed by atoms with Crippen LogP contribution in [0.25, 0.3) is 0 Å². The molecule has 0 radical (unpaired) electrons.